The lowest BCUT2D eigenvalue weighted by Crippen LogP contribution is -2.31. The van der Waals surface area contributed by atoms with Crippen LogP contribution in [0.25, 0.3) is 17.0 Å². The number of hydrogen-bond donors (Lipinski definition) is 0. The van der Waals surface area contributed by atoms with Crippen LogP contribution in [0.4, 0.5) is 0 Å². The number of carbonyl (C=O) groups is 1. The molecule has 0 N–H and O–H groups in total. The van der Waals surface area contributed by atoms with Crippen LogP contribution >= 0.6 is 0 Å². The molecule has 128 valence electrons. The second kappa shape index (κ2) is 6.43. The van der Waals surface area contributed by atoms with Gasteiger partial charge in [0, 0.05) is 49.4 Å². The van der Waals surface area contributed by atoms with E-state index in [0.29, 0.717) is 13.0 Å². The number of rotatable bonds is 4. The summed E-state index contributed by atoms with van der Waals surface area (Å²) >= 11 is 0. The Morgan fingerprint density at radius 2 is 2.12 bits per heavy atom. The first-order valence-corrected chi connectivity index (χ1v) is 9.85. The molecule has 0 unspecified atom stereocenters. The van der Waals surface area contributed by atoms with Crippen molar-refractivity contribution in [2.75, 3.05) is 25.1 Å². The van der Waals surface area contributed by atoms with Crippen LogP contribution in [0.5, 0.6) is 0 Å². The fourth-order valence-corrected chi connectivity index (χ4v) is 5.14. The van der Waals surface area contributed by atoms with Gasteiger partial charge in [0.25, 0.3) is 0 Å². The van der Waals surface area contributed by atoms with E-state index in [2.05, 4.69) is 0 Å². The van der Waals surface area contributed by atoms with Crippen molar-refractivity contribution in [2.45, 2.75) is 6.42 Å². The first-order chi connectivity index (χ1) is 11.4. The highest BCUT2D eigenvalue weighted by atomic mass is 32.2. The van der Waals surface area contributed by atoms with E-state index in [1.807, 2.05) is 48.2 Å². The molecule has 1 saturated heterocycles. The van der Waals surface area contributed by atoms with E-state index in [0.717, 1.165) is 16.5 Å². The van der Waals surface area contributed by atoms with Gasteiger partial charge in [-0.25, -0.2) is 8.42 Å². The molecule has 0 spiro atoms. The summed E-state index contributed by atoms with van der Waals surface area (Å²) in [6.07, 6.45) is 6.03. The standard InChI is InChI=1S/C18H22N2O3S/c1-19-12-15(16-5-3-4-6-17(16)19)7-8-18(21)20(2)11-14-9-10-24(22,23)13-14/h3-8,12,14H,9-11,13H2,1-2H3/b8-7-/t14-/m0/s1. The van der Waals surface area contributed by atoms with Gasteiger partial charge < -0.3 is 9.47 Å². The minimum atomic E-state index is -2.90. The molecule has 2 aromatic rings. The maximum absolute atomic E-state index is 12.3. The van der Waals surface area contributed by atoms with E-state index in [-0.39, 0.29) is 23.3 Å². The Morgan fingerprint density at radius 3 is 2.83 bits per heavy atom. The van der Waals surface area contributed by atoms with Crippen LogP contribution < -0.4 is 0 Å². The number of amides is 1. The van der Waals surface area contributed by atoms with Crippen molar-refractivity contribution in [2.24, 2.45) is 13.0 Å². The zero-order valence-electron chi connectivity index (χ0n) is 14.0. The smallest absolute Gasteiger partial charge is 0.246 e. The van der Waals surface area contributed by atoms with E-state index in [4.69, 9.17) is 0 Å². The minimum absolute atomic E-state index is 0.0508. The summed E-state index contributed by atoms with van der Waals surface area (Å²) in [5.41, 5.74) is 2.12. The van der Waals surface area contributed by atoms with E-state index < -0.39 is 9.84 Å². The van der Waals surface area contributed by atoms with Crippen molar-refractivity contribution in [1.82, 2.24) is 9.47 Å². The molecule has 1 atom stereocenters. The fraction of sp³-hybridized carbons (Fsp3) is 0.389. The first-order valence-electron chi connectivity index (χ1n) is 8.03. The summed E-state index contributed by atoms with van der Waals surface area (Å²) in [5, 5.41) is 1.11. The second-order valence-electron chi connectivity index (χ2n) is 6.53. The topological polar surface area (TPSA) is 59.4 Å². The number of benzene rings is 1. The zero-order chi connectivity index (χ0) is 17.3. The van der Waals surface area contributed by atoms with Crippen LogP contribution in [0.15, 0.2) is 36.5 Å². The molecule has 1 fully saturated rings. The molecule has 1 aromatic heterocycles. The molecule has 5 nitrogen and oxygen atoms in total. The highest BCUT2D eigenvalue weighted by Crippen LogP contribution is 2.22. The van der Waals surface area contributed by atoms with Gasteiger partial charge in [-0.3, -0.25) is 4.79 Å². The Morgan fingerprint density at radius 1 is 1.38 bits per heavy atom. The maximum Gasteiger partial charge on any atom is 0.246 e. The Kier molecular flexibility index (Phi) is 4.49. The van der Waals surface area contributed by atoms with Crippen LogP contribution in [0.1, 0.15) is 12.0 Å². The molecule has 0 radical (unpaired) electrons. The quantitative estimate of drug-likeness (QED) is 0.797. The van der Waals surface area contributed by atoms with Gasteiger partial charge in [-0.15, -0.1) is 0 Å². The average molecular weight is 346 g/mol. The molecule has 1 amide bonds. The third-order valence-electron chi connectivity index (χ3n) is 4.57. The van der Waals surface area contributed by atoms with Crippen molar-refractivity contribution in [3.63, 3.8) is 0 Å². The average Bonchev–Trinajstić information content (AvgIpc) is 3.05. The summed E-state index contributed by atoms with van der Waals surface area (Å²) in [4.78, 5) is 13.9. The third-order valence-corrected chi connectivity index (χ3v) is 6.41. The van der Waals surface area contributed by atoms with Crippen molar-refractivity contribution < 1.29 is 13.2 Å². The summed E-state index contributed by atoms with van der Waals surface area (Å²) in [5.74, 6) is 0.380. The van der Waals surface area contributed by atoms with Gasteiger partial charge in [0.15, 0.2) is 9.84 Å². The number of aromatic nitrogens is 1. The van der Waals surface area contributed by atoms with Crippen molar-refractivity contribution in [3.8, 4) is 0 Å². The largest absolute Gasteiger partial charge is 0.350 e. The number of para-hydroxylation sites is 1. The highest BCUT2D eigenvalue weighted by molar-refractivity contribution is 7.91. The molecule has 0 aliphatic carbocycles. The number of carbonyl (C=O) groups excluding carboxylic acids is 1. The fourth-order valence-electron chi connectivity index (χ4n) is 3.29. The number of sulfone groups is 1. The third kappa shape index (κ3) is 3.53. The number of fused-ring (bicyclic) bond motifs is 1. The molecular formula is C18H22N2O3S. The first kappa shape index (κ1) is 16.8. The molecule has 2 heterocycles. The summed E-state index contributed by atoms with van der Waals surface area (Å²) in [6.45, 7) is 0.484. The summed E-state index contributed by atoms with van der Waals surface area (Å²) in [7, 11) is 0.801. The van der Waals surface area contributed by atoms with Gasteiger partial charge in [-0.2, -0.15) is 0 Å². The van der Waals surface area contributed by atoms with Gasteiger partial charge >= 0.3 is 0 Å². The highest BCUT2D eigenvalue weighted by Gasteiger charge is 2.29. The van der Waals surface area contributed by atoms with Crippen LogP contribution in [0.2, 0.25) is 0 Å². The van der Waals surface area contributed by atoms with Crippen molar-refractivity contribution in [3.05, 3.63) is 42.1 Å². The number of nitrogens with zero attached hydrogens (tertiary/aromatic N) is 2. The lowest BCUT2D eigenvalue weighted by Gasteiger charge is -2.18. The number of aryl methyl sites for hydroxylation is 1. The lowest BCUT2D eigenvalue weighted by atomic mass is 10.1. The molecule has 1 aliphatic heterocycles. The summed E-state index contributed by atoms with van der Waals surface area (Å²) < 4.78 is 25.1. The second-order valence-corrected chi connectivity index (χ2v) is 8.76. The molecule has 0 bridgehead atoms. The monoisotopic (exact) mass is 346 g/mol. The van der Waals surface area contributed by atoms with Gasteiger partial charge in [-0.1, -0.05) is 18.2 Å². The van der Waals surface area contributed by atoms with Gasteiger partial charge in [-0.05, 0) is 24.5 Å². The summed E-state index contributed by atoms with van der Waals surface area (Å²) in [6, 6.07) is 8.05. The Balaban J connectivity index is 1.68. The normalized spacial score (nSPS) is 20.0. The molecule has 1 aromatic carbocycles. The van der Waals surface area contributed by atoms with Gasteiger partial charge in [0.2, 0.25) is 5.91 Å². The van der Waals surface area contributed by atoms with Crippen LogP contribution in [0, 0.1) is 5.92 Å². The predicted molar refractivity (Wildman–Crippen MR) is 96.4 cm³/mol. The van der Waals surface area contributed by atoms with Gasteiger partial charge in [0.05, 0.1) is 11.5 Å². The molecule has 24 heavy (non-hydrogen) atoms. The van der Waals surface area contributed by atoms with E-state index in [9.17, 15) is 13.2 Å². The van der Waals surface area contributed by atoms with Crippen LogP contribution in [-0.2, 0) is 21.7 Å². The molecule has 6 heteroatoms. The van der Waals surface area contributed by atoms with Crippen LogP contribution in [-0.4, -0.2) is 48.9 Å². The number of likely N-dealkylation sites (N-methyl/N-ethyl adjacent to an activating group) is 1. The SMILES string of the molecule is CN(C[C@@H]1CCS(=O)(=O)C1)C(=O)/C=C\c1cn(C)c2ccccc12. The van der Waals surface area contributed by atoms with Crippen molar-refractivity contribution in [1.29, 1.82) is 0 Å². The van der Waals surface area contributed by atoms with Crippen molar-refractivity contribution >= 4 is 32.7 Å². The molecule has 1 aliphatic rings. The Bertz CT molecular complexity index is 896. The number of hydrogen-bond acceptors (Lipinski definition) is 3. The lowest BCUT2D eigenvalue weighted by molar-refractivity contribution is -0.125. The van der Waals surface area contributed by atoms with Gasteiger partial charge in [0.1, 0.15) is 0 Å². The van der Waals surface area contributed by atoms with Crippen LogP contribution in [0.3, 0.4) is 0 Å². The van der Waals surface area contributed by atoms with E-state index >= 15 is 0 Å². The Labute approximate surface area is 142 Å². The van der Waals surface area contributed by atoms with E-state index in [1.54, 1.807) is 18.0 Å². The molecule has 3 rings (SSSR count). The zero-order valence-corrected chi connectivity index (χ0v) is 14.8. The Hall–Kier alpha value is -2.08. The van der Waals surface area contributed by atoms with E-state index in [1.165, 1.54) is 0 Å². The molecule has 0 saturated carbocycles. The minimum Gasteiger partial charge on any atom is -0.350 e. The maximum atomic E-state index is 12.3. The molecular weight excluding hydrogens is 324 g/mol. The predicted octanol–water partition coefficient (Wildman–Crippen LogP) is 2.08.